The Morgan fingerprint density at radius 3 is 1.79 bits per heavy atom. The summed E-state index contributed by atoms with van der Waals surface area (Å²) in [7, 11) is 1.58. The summed E-state index contributed by atoms with van der Waals surface area (Å²) in [5.41, 5.74) is 0. The van der Waals surface area contributed by atoms with E-state index in [2.05, 4.69) is 28.8 Å². The molecule has 0 N–H and O–H groups in total. The predicted octanol–water partition coefficient (Wildman–Crippen LogP) is 1.79. The van der Waals surface area contributed by atoms with Gasteiger partial charge in [0.05, 0.1) is 7.11 Å². The molecule has 0 bridgehead atoms. The lowest BCUT2D eigenvalue weighted by Gasteiger charge is -2.04. The zero-order valence-electron chi connectivity index (χ0n) is 9.08. The highest BCUT2D eigenvalue weighted by Gasteiger charge is 2.04. The van der Waals surface area contributed by atoms with Crippen LogP contribution in [0.1, 0.15) is 38.3 Å². The normalized spacial score (nSPS) is 10.2. The average Bonchev–Trinajstić information content (AvgIpc) is 2.18. The molecule has 0 radical (unpaired) electrons. The van der Waals surface area contributed by atoms with Crippen LogP contribution in [0.4, 0.5) is 0 Å². The Morgan fingerprint density at radius 2 is 1.43 bits per heavy atom. The molecule has 1 rings (SSSR count). The lowest BCUT2D eigenvalue weighted by Crippen LogP contribution is -2.05. The molecule has 0 fully saturated rings. The molecular weight excluding hydrogens is 178 g/mol. The van der Waals surface area contributed by atoms with Crippen LogP contribution in [0.15, 0.2) is 0 Å². The van der Waals surface area contributed by atoms with E-state index in [9.17, 15) is 0 Å². The van der Waals surface area contributed by atoms with Gasteiger partial charge < -0.3 is 4.74 Å². The quantitative estimate of drug-likeness (QED) is 0.718. The van der Waals surface area contributed by atoms with Crippen LogP contribution in [0.25, 0.3) is 0 Å². The van der Waals surface area contributed by atoms with Gasteiger partial charge in [0.25, 0.3) is 0 Å². The average molecular weight is 195 g/mol. The number of rotatable bonds is 5. The molecule has 0 atom stereocenters. The number of hydrogen-bond acceptors (Lipinski definition) is 4. The van der Waals surface area contributed by atoms with E-state index in [0.29, 0.717) is 6.01 Å². The van der Waals surface area contributed by atoms with Gasteiger partial charge in [-0.05, 0) is 12.8 Å². The van der Waals surface area contributed by atoms with E-state index >= 15 is 0 Å². The summed E-state index contributed by atoms with van der Waals surface area (Å²) in [6, 6.07) is 0.437. The first-order valence-corrected chi connectivity index (χ1v) is 5.08. The van der Waals surface area contributed by atoms with Crippen molar-refractivity contribution in [3.05, 3.63) is 11.6 Å². The molecule has 0 spiro atoms. The van der Waals surface area contributed by atoms with E-state index in [1.807, 2.05) is 0 Å². The lowest BCUT2D eigenvalue weighted by molar-refractivity contribution is 0.372. The summed E-state index contributed by atoms with van der Waals surface area (Å²) >= 11 is 0. The maximum Gasteiger partial charge on any atom is 0.319 e. The van der Waals surface area contributed by atoms with Crippen molar-refractivity contribution in [1.82, 2.24) is 15.0 Å². The number of hydrogen-bond donors (Lipinski definition) is 0. The van der Waals surface area contributed by atoms with Crippen molar-refractivity contribution in [2.24, 2.45) is 0 Å². The Bertz CT molecular complexity index is 264. The number of aromatic nitrogens is 3. The molecule has 14 heavy (non-hydrogen) atoms. The first kappa shape index (κ1) is 10.9. The van der Waals surface area contributed by atoms with Crippen molar-refractivity contribution >= 4 is 0 Å². The highest BCUT2D eigenvalue weighted by Crippen LogP contribution is 2.06. The van der Waals surface area contributed by atoms with Crippen molar-refractivity contribution in [1.29, 1.82) is 0 Å². The molecule has 78 valence electrons. The van der Waals surface area contributed by atoms with Crippen molar-refractivity contribution < 1.29 is 4.74 Å². The first-order chi connectivity index (χ1) is 6.80. The van der Waals surface area contributed by atoms with E-state index in [1.165, 1.54) is 0 Å². The maximum absolute atomic E-state index is 5.03. The largest absolute Gasteiger partial charge is 0.467 e. The minimum absolute atomic E-state index is 0.437. The fraction of sp³-hybridized carbons (Fsp3) is 0.700. The fourth-order valence-corrected chi connectivity index (χ4v) is 1.21. The molecule has 0 aliphatic rings. The van der Waals surface area contributed by atoms with Gasteiger partial charge in [0, 0.05) is 12.8 Å². The summed E-state index contributed by atoms with van der Waals surface area (Å²) in [4.78, 5) is 12.7. The van der Waals surface area contributed by atoms with Crippen LogP contribution in [0.3, 0.4) is 0 Å². The topological polar surface area (TPSA) is 47.9 Å². The van der Waals surface area contributed by atoms with Gasteiger partial charge in [-0.15, -0.1) is 0 Å². The van der Waals surface area contributed by atoms with Crippen LogP contribution in [-0.4, -0.2) is 22.1 Å². The maximum atomic E-state index is 5.03. The van der Waals surface area contributed by atoms with Gasteiger partial charge in [-0.2, -0.15) is 9.97 Å². The SMILES string of the molecule is CCCc1nc(CCC)nc(OC)n1. The van der Waals surface area contributed by atoms with Crippen molar-refractivity contribution in [3.8, 4) is 6.01 Å². The van der Waals surface area contributed by atoms with E-state index in [4.69, 9.17) is 4.74 Å². The molecule has 0 aliphatic heterocycles. The molecule has 4 heteroatoms. The third kappa shape index (κ3) is 2.94. The van der Waals surface area contributed by atoms with E-state index < -0.39 is 0 Å². The van der Waals surface area contributed by atoms with E-state index in [0.717, 1.165) is 37.3 Å². The highest BCUT2D eigenvalue weighted by atomic mass is 16.5. The monoisotopic (exact) mass is 195 g/mol. The molecule has 0 saturated carbocycles. The van der Waals surface area contributed by atoms with Gasteiger partial charge >= 0.3 is 6.01 Å². The molecule has 0 aliphatic carbocycles. The lowest BCUT2D eigenvalue weighted by atomic mass is 10.3. The van der Waals surface area contributed by atoms with Gasteiger partial charge in [-0.1, -0.05) is 13.8 Å². The van der Waals surface area contributed by atoms with Crippen LogP contribution in [0, 0.1) is 0 Å². The summed E-state index contributed by atoms with van der Waals surface area (Å²) in [5.74, 6) is 1.67. The summed E-state index contributed by atoms with van der Waals surface area (Å²) < 4.78 is 5.03. The molecular formula is C10H17N3O. The summed E-state index contributed by atoms with van der Waals surface area (Å²) in [5, 5.41) is 0. The Labute approximate surface area is 84.8 Å². The van der Waals surface area contributed by atoms with Crippen molar-refractivity contribution in [2.75, 3.05) is 7.11 Å². The molecule has 1 heterocycles. The Morgan fingerprint density at radius 1 is 0.929 bits per heavy atom. The minimum atomic E-state index is 0.437. The highest BCUT2D eigenvalue weighted by molar-refractivity contribution is 5.01. The van der Waals surface area contributed by atoms with Gasteiger partial charge in [0.15, 0.2) is 0 Å². The zero-order valence-corrected chi connectivity index (χ0v) is 9.08. The number of nitrogens with zero attached hydrogens (tertiary/aromatic N) is 3. The standard InChI is InChI=1S/C10H17N3O/c1-4-6-8-11-9(7-5-2)13-10(12-8)14-3/h4-7H2,1-3H3. The van der Waals surface area contributed by atoms with E-state index in [1.54, 1.807) is 7.11 Å². The van der Waals surface area contributed by atoms with Gasteiger partial charge in [-0.3, -0.25) is 0 Å². The fourth-order valence-electron chi connectivity index (χ4n) is 1.21. The van der Waals surface area contributed by atoms with Gasteiger partial charge in [0.1, 0.15) is 11.6 Å². The second-order valence-corrected chi connectivity index (χ2v) is 3.15. The van der Waals surface area contributed by atoms with Crippen LogP contribution in [0.2, 0.25) is 0 Å². The molecule has 0 aromatic carbocycles. The third-order valence-electron chi connectivity index (χ3n) is 1.84. The zero-order chi connectivity index (χ0) is 10.4. The van der Waals surface area contributed by atoms with Crippen LogP contribution in [-0.2, 0) is 12.8 Å². The summed E-state index contributed by atoms with van der Waals surface area (Å²) in [6.45, 7) is 4.21. The number of ether oxygens (including phenoxy) is 1. The molecule has 4 nitrogen and oxygen atoms in total. The van der Waals surface area contributed by atoms with Gasteiger partial charge in [-0.25, -0.2) is 4.98 Å². The second kappa shape index (κ2) is 5.52. The molecule has 0 amide bonds. The van der Waals surface area contributed by atoms with E-state index in [-0.39, 0.29) is 0 Å². The van der Waals surface area contributed by atoms with Gasteiger partial charge in [0.2, 0.25) is 0 Å². The smallest absolute Gasteiger partial charge is 0.319 e. The Hall–Kier alpha value is -1.19. The van der Waals surface area contributed by atoms with Crippen molar-refractivity contribution in [3.63, 3.8) is 0 Å². The number of aryl methyl sites for hydroxylation is 2. The Balaban J connectivity index is 2.88. The second-order valence-electron chi connectivity index (χ2n) is 3.15. The Kier molecular flexibility index (Phi) is 4.29. The first-order valence-electron chi connectivity index (χ1n) is 5.08. The van der Waals surface area contributed by atoms with Crippen molar-refractivity contribution in [2.45, 2.75) is 39.5 Å². The molecule has 1 aromatic rings. The number of methoxy groups -OCH3 is 1. The summed E-state index contributed by atoms with van der Waals surface area (Å²) in [6.07, 6.45) is 3.85. The van der Waals surface area contributed by atoms with Crippen LogP contribution >= 0.6 is 0 Å². The minimum Gasteiger partial charge on any atom is -0.467 e. The molecule has 0 saturated heterocycles. The third-order valence-corrected chi connectivity index (χ3v) is 1.84. The van der Waals surface area contributed by atoms with Crippen LogP contribution < -0.4 is 4.74 Å². The van der Waals surface area contributed by atoms with Crippen LogP contribution in [0.5, 0.6) is 6.01 Å². The predicted molar refractivity (Wildman–Crippen MR) is 54.4 cm³/mol. The molecule has 1 aromatic heterocycles. The molecule has 0 unspecified atom stereocenters.